The van der Waals surface area contributed by atoms with Crippen LogP contribution < -0.4 is 10.6 Å². The third kappa shape index (κ3) is 6.47. The molecule has 0 spiro atoms. The number of hydrogen-bond acceptors (Lipinski definition) is 5. The molecular formula is C22H23N3O4. The number of para-hydroxylation sites is 1. The normalized spacial score (nSPS) is 11.2. The summed E-state index contributed by atoms with van der Waals surface area (Å²) >= 11 is 0. The lowest BCUT2D eigenvalue weighted by atomic mass is 10.0. The van der Waals surface area contributed by atoms with Gasteiger partial charge in [0.2, 0.25) is 5.91 Å². The molecule has 1 atom stereocenters. The van der Waals surface area contributed by atoms with E-state index in [0.29, 0.717) is 16.8 Å². The van der Waals surface area contributed by atoms with Gasteiger partial charge in [0, 0.05) is 5.56 Å². The van der Waals surface area contributed by atoms with Crippen LogP contribution in [0.2, 0.25) is 0 Å². The van der Waals surface area contributed by atoms with Gasteiger partial charge in [0.05, 0.1) is 17.7 Å². The van der Waals surface area contributed by atoms with Crippen LogP contribution >= 0.6 is 0 Å². The van der Waals surface area contributed by atoms with Gasteiger partial charge in [-0.2, -0.15) is 5.26 Å². The molecule has 0 radical (unpaired) electrons. The van der Waals surface area contributed by atoms with Crippen molar-refractivity contribution in [2.75, 3.05) is 11.9 Å². The van der Waals surface area contributed by atoms with Gasteiger partial charge >= 0.3 is 5.97 Å². The number of amides is 2. The zero-order chi connectivity index (χ0) is 21.2. The quantitative estimate of drug-likeness (QED) is 0.671. The summed E-state index contributed by atoms with van der Waals surface area (Å²) in [5, 5.41) is 14.3. The zero-order valence-corrected chi connectivity index (χ0v) is 16.3. The molecule has 0 aliphatic carbocycles. The fourth-order valence-electron chi connectivity index (χ4n) is 2.55. The SMILES string of the molecule is CC(C)[C@H](NC(=O)c1ccccc1)C(=O)OCCC(=O)Nc1ccccc1C#N. The third-order valence-corrected chi connectivity index (χ3v) is 4.14. The van der Waals surface area contributed by atoms with E-state index in [1.54, 1.807) is 68.4 Å². The molecule has 0 saturated carbocycles. The molecule has 2 rings (SSSR count). The first-order chi connectivity index (χ1) is 13.9. The highest BCUT2D eigenvalue weighted by molar-refractivity contribution is 5.97. The molecule has 29 heavy (non-hydrogen) atoms. The van der Waals surface area contributed by atoms with Gasteiger partial charge < -0.3 is 15.4 Å². The van der Waals surface area contributed by atoms with Crippen molar-refractivity contribution < 1.29 is 19.1 Å². The molecular weight excluding hydrogens is 370 g/mol. The maximum absolute atomic E-state index is 12.4. The summed E-state index contributed by atoms with van der Waals surface area (Å²) in [5.41, 5.74) is 1.20. The van der Waals surface area contributed by atoms with Gasteiger partial charge in [-0.1, -0.05) is 44.2 Å². The van der Waals surface area contributed by atoms with E-state index in [-0.39, 0.29) is 30.8 Å². The summed E-state index contributed by atoms with van der Waals surface area (Å²) < 4.78 is 5.19. The topological polar surface area (TPSA) is 108 Å². The summed E-state index contributed by atoms with van der Waals surface area (Å²) in [6.45, 7) is 3.45. The molecule has 2 amide bonds. The van der Waals surface area contributed by atoms with E-state index in [2.05, 4.69) is 10.6 Å². The summed E-state index contributed by atoms with van der Waals surface area (Å²) in [5.74, 6) is -1.54. The van der Waals surface area contributed by atoms with E-state index in [1.807, 2.05) is 6.07 Å². The van der Waals surface area contributed by atoms with Crippen LogP contribution in [-0.4, -0.2) is 30.4 Å². The molecule has 0 saturated heterocycles. The molecule has 2 N–H and O–H groups in total. The van der Waals surface area contributed by atoms with Crippen molar-refractivity contribution >= 4 is 23.5 Å². The number of nitriles is 1. The Balaban J connectivity index is 1.86. The number of ether oxygens (including phenoxy) is 1. The monoisotopic (exact) mass is 393 g/mol. The van der Waals surface area contributed by atoms with Crippen LogP contribution in [0.15, 0.2) is 54.6 Å². The number of esters is 1. The Morgan fingerprint density at radius 1 is 1.03 bits per heavy atom. The zero-order valence-electron chi connectivity index (χ0n) is 16.3. The van der Waals surface area contributed by atoms with Crippen molar-refractivity contribution in [1.82, 2.24) is 5.32 Å². The van der Waals surface area contributed by atoms with Crippen molar-refractivity contribution in [2.45, 2.75) is 26.3 Å². The lowest BCUT2D eigenvalue weighted by Gasteiger charge is -2.21. The summed E-state index contributed by atoms with van der Waals surface area (Å²) in [6.07, 6.45) is -0.0665. The van der Waals surface area contributed by atoms with Crippen molar-refractivity contribution in [1.29, 1.82) is 5.26 Å². The molecule has 2 aromatic rings. The Bertz CT molecular complexity index is 904. The third-order valence-electron chi connectivity index (χ3n) is 4.14. The Hall–Kier alpha value is -3.66. The Labute approximate surface area is 169 Å². The van der Waals surface area contributed by atoms with E-state index < -0.39 is 12.0 Å². The highest BCUT2D eigenvalue weighted by Crippen LogP contribution is 2.14. The highest BCUT2D eigenvalue weighted by Gasteiger charge is 2.26. The van der Waals surface area contributed by atoms with Gasteiger partial charge in [-0.05, 0) is 30.2 Å². The second kappa shape index (κ2) is 10.6. The number of carbonyl (C=O) groups excluding carboxylic acids is 3. The highest BCUT2D eigenvalue weighted by atomic mass is 16.5. The van der Waals surface area contributed by atoms with Crippen molar-refractivity contribution in [2.24, 2.45) is 5.92 Å². The van der Waals surface area contributed by atoms with Crippen LogP contribution in [0, 0.1) is 17.2 Å². The average molecular weight is 393 g/mol. The number of anilines is 1. The van der Waals surface area contributed by atoms with Crippen molar-refractivity contribution in [3.63, 3.8) is 0 Å². The minimum absolute atomic E-state index is 0.0665. The van der Waals surface area contributed by atoms with E-state index >= 15 is 0 Å². The number of rotatable bonds is 8. The first-order valence-corrected chi connectivity index (χ1v) is 9.24. The lowest BCUT2D eigenvalue weighted by Crippen LogP contribution is -2.45. The van der Waals surface area contributed by atoms with Crippen molar-refractivity contribution in [3.05, 3.63) is 65.7 Å². The maximum atomic E-state index is 12.4. The molecule has 0 aromatic heterocycles. The molecule has 7 heteroatoms. The lowest BCUT2D eigenvalue weighted by molar-refractivity contribution is -0.147. The fourth-order valence-corrected chi connectivity index (χ4v) is 2.55. The largest absolute Gasteiger partial charge is 0.464 e. The van der Waals surface area contributed by atoms with Gasteiger partial charge in [-0.15, -0.1) is 0 Å². The van der Waals surface area contributed by atoms with E-state index in [0.717, 1.165) is 0 Å². The van der Waals surface area contributed by atoms with Crippen LogP contribution in [0.4, 0.5) is 5.69 Å². The van der Waals surface area contributed by atoms with Crippen LogP contribution in [0.1, 0.15) is 36.2 Å². The predicted octanol–water partition coefficient (Wildman–Crippen LogP) is 2.88. The summed E-state index contributed by atoms with van der Waals surface area (Å²) in [6, 6.07) is 16.4. The number of carbonyl (C=O) groups is 3. The van der Waals surface area contributed by atoms with Gasteiger partial charge in [0.25, 0.3) is 5.91 Å². The Morgan fingerprint density at radius 3 is 2.34 bits per heavy atom. The summed E-state index contributed by atoms with van der Waals surface area (Å²) in [7, 11) is 0. The molecule has 0 aliphatic heterocycles. The number of benzene rings is 2. The van der Waals surface area contributed by atoms with E-state index in [1.165, 1.54) is 0 Å². The Kier molecular flexibility index (Phi) is 7.92. The minimum Gasteiger partial charge on any atom is -0.464 e. The van der Waals surface area contributed by atoms with Crippen molar-refractivity contribution in [3.8, 4) is 6.07 Å². The van der Waals surface area contributed by atoms with Gasteiger partial charge in [0.15, 0.2) is 0 Å². The van der Waals surface area contributed by atoms with Crippen LogP contribution in [0.5, 0.6) is 0 Å². The molecule has 7 nitrogen and oxygen atoms in total. The van der Waals surface area contributed by atoms with Gasteiger partial charge in [-0.3, -0.25) is 9.59 Å². The average Bonchev–Trinajstić information content (AvgIpc) is 2.72. The van der Waals surface area contributed by atoms with Crippen LogP contribution in [-0.2, 0) is 14.3 Å². The fraction of sp³-hybridized carbons (Fsp3) is 0.273. The molecule has 0 unspecified atom stereocenters. The first kappa shape index (κ1) is 21.6. The van der Waals surface area contributed by atoms with E-state index in [9.17, 15) is 14.4 Å². The number of nitrogens with zero attached hydrogens (tertiary/aromatic N) is 1. The van der Waals surface area contributed by atoms with Gasteiger partial charge in [-0.25, -0.2) is 4.79 Å². The first-order valence-electron chi connectivity index (χ1n) is 9.24. The summed E-state index contributed by atoms with van der Waals surface area (Å²) in [4.78, 5) is 36.7. The molecule has 0 bridgehead atoms. The number of hydrogen-bond donors (Lipinski definition) is 2. The van der Waals surface area contributed by atoms with Crippen LogP contribution in [0.25, 0.3) is 0 Å². The number of nitrogens with one attached hydrogen (secondary N) is 2. The second-order valence-electron chi connectivity index (χ2n) is 6.68. The van der Waals surface area contributed by atoms with Crippen LogP contribution in [0.3, 0.4) is 0 Å². The van der Waals surface area contributed by atoms with Gasteiger partial charge in [0.1, 0.15) is 18.7 Å². The standard InChI is InChI=1S/C22H23N3O4/c1-15(2)20(25-21(27)16-8-4-3-5-9-16)22(28)29-13-12-19(26)24-18-11-7-6-10-17(18)14-23/h3-11,15,20H,12-13H2,1-2H3,(H,24,26)(H,25,27)/t20-/m0/s1. The molecule has 2 aromatic carbocycles. The maximum Gasteiger partial charge on any atom is 0.328 e. The predicted molar refractivity (Wildman–Crippen MR) is 108 cm³/mol. The Morgan fingerprint density at radius 2 is 1.69 bits per heavy atom. The molecule has 0 heterocycles. The van der Waals surface area contributed by atoms with E-state index in [4.69, 9.17) is 10.00 Å². The minimum atomic E-state index is -0.829. The molecule has 150 valence electrons. The molecule has 0 aliphatic rings. The molecule has 0 fully saturated rings. The second-order valence-corrected chi connectivity index (χ2v) is 6.68. The smallest absolute Gasteiger partial charge is 0.328 e.